The molecule has 0 saturated heterocycles. The van der Waals surface area contributed by atoms with Crippen LogP contribution in [0.3, 0.4) is 0 Å². The fourth-order valence-electron chi connectivity index (χ4n) is 2.60. The second-order valence-corrected chi connectivity index (χ2v) is 4.94. The second-order valence-electron chi connectivity index (χ2n) is 4.94. The van der Waals surface area contributed by atoms with Crippen LogP contribution in [0, 0.1) is 0 Å². The van der Waals surface area contributed by atoms with Crippen molar-refractivity contribution in [1.82, 2.24) is 4.98 Å². The molecule has 0 amide bonds. The van der Waals surface area contributed by atoms with Crippen LogP contribution in [0.25, 0.3) is 0 Å². The third kappa shape index (κ3) is 2.53. The van der Waals surface area contributed by atoms with Gasteiger partial charge in [-0.2, -0.15) is 0 Å². The topological polar surface area (TPSA) is 24.9 Å². The summed E-state index contributed by atoms with van der Waals surface area (Å²) in [6, 6.07) is 13.4. The van der Waals surface area contributed by atoms with Gasteiger partial charge in [0.15, 0.2) is 0 Å². The maximum atomic E-state index is 4.16. The molecule has 1 aliphatic heterocycles. The van der Waals surface area contributed by atoms with E-state index in [-0.39, 0.29) is 0 Å². The zero-order valence-corrected chi connectivity index (χ0v) is 10.5. The van der Waals surface area contributed by atoms with Crippen molar-refractivity contribution in [3.8, 4) is 0 Å². The first-order chi connectivity index (χ1) is 8.92. The number of fused-ring (bicyclic) bond motifs is 1. The van der Waals surface area contributed by atoms with Gasteiger partial charge in [-0.1, -0.05) is 24.3 Å². The van der Waals surface area contributed by atoms with Crippen molar-refractivity contribution in [3.63, 3.8) is 0 Å². The molecule has 92 valence electrons. The smallest absolute Gasteiger partial charge is 0.0374 e. The molecule has 1 unspecified atom stereocenters. The molecule has 1 N–H and O–H groups in total. The Balaban J connectivity index is 1.60. The number of nitrogens with zero attached hydrogens (tertiary/aromatic N) is 1. The summed E-state index contributed by atoms with van der Waals surface area (Å²) in [6.45, 7) is 0. The van der Waals surface area contributed by atoms with Gasteiger partial charge in [0, 0.05) is 24.1 Å². The molecule has 0 aliphatic carbocycles. The number of pyridine rings is 1. The number of nitrogens with one attached hydrogen (secondary N) is 1. The van der Waals surface area contributed by atoms with E-state index in [1.165, 1.54) is 36.1 Å². The molecule has 2 nitrogen and oxygen atoms in total. The first-order valence-corrected chi connectivity index (χ1v) is 6.65. The first-order valence-electron chi connectivity index (χ1n) is 6.65. The molecule has 2 aromatic rings. The zero-order valence-electron chi connectivity index (χ0n) is 10.5. The largest absolute Gasteiger partial charge is 0.382 e. The maximum Gasteiger partial charge on any atom is 0.0374 e. The van der Waals surface area contributed by atoms with E-state index >= 15 is 0 Å². The molecule has 2 heteroatoms. The van der Waals surface area contributed by atoms with Gasteiger partial charge in [-0.3, -0.25) is 4.98 Å². The summed E-state index contributed by atoms with van der Waals surface area (Å²) in [5.41, 5.74) is 4.10. The highest BCUT2D eigenvalue weighted by Gasteiger charge is 2.16. The highest BCUT2D eigenvalue weighted by Crippen LogP contribution is 2.26. The summed E-state index contributed by atoms with van der Waals surface area (Å²) >= 11 is 0. The Bertz CT molecular complexity index is 508. The van der Waals surface area contributed by atoms with Gasteiger partial charge in [-0.25, -0.2) is 0 Å². The summed E-state index contributed by atoms with van der Waals surface area (Å²) in [6.07, 6.45) is 8.52. The Hall–Kier alpha value is -1.83. The van der Waals surface area contributed by atoms with Crippen LogP contribution in [-0.4, -0.2) is 11.0 Å². The van der Waals surface area contributed by atoms with Crippen LogP contribution in [0.5, 0.6) is 0 Å². The molecular formula is C16H18N2. The zero-order chi connectivity index (χ0) is 12.2. The lowest BCUT2D eigenvalue weighted by atomic mass is 9.94. The van der Waals surface area contributed by atoms with E-state index in [4.69, 9.17) is 0 Å². The normalized spacial score (nSPS) is 17.9. The van der Waals surface area contributed by atoms with Crippen LogP contribution in [-0.2, 0) is 12.8 Å². The highest BCUT2D eigenvalue weighted by atomic mass is 14.9. The molecule has 1 aliphatic rings. The van der Waals surface area contributed by atoms with Gasteiger partial charge in [-0.05, 0) is 48.9 Å². The molecule has 0 bridgehead atoms. The van der Waals surface area contributed by atoms with E-state index in [1.807, 2.05) is 18.5 Å². The molecular weight excluding hydrogens is 220 g/mol. The monoisotopic (exact) mass is 238 g/mol. The molecule has 0 radical (unpaired) electrons. The highest BCUT2D eigenvalue weighted by molar-refractivity contribution is 5.53. The number of hydrogen-bond donors (Lipinski definition) is 1. The van der Waals surface area contributed by atoms with Gasteiger partial charge in [0.25, 0.3) is 0 Å². The molecule has 1 atom stereocenters. The lowest BCUT2D eigenvalue weighted by molar-refractivity contribution is 0.586. The van der Waals surface area contributed by atoms with Crippen molar-refractivity contribution >= 4 is 5.69 Å². The SMILES string of the molecule is c1cncc(CCC2CCc3ccccc3N2)c1. The van der Waals surface area contributed by atoms with Crippen molar-refractivity contribution in [1.29, 1.82) is 0 Å². The van der Waals surface area contributed by atoms with Crippen LogP contribution in [0.1, 0.15) is 24.0 Å². The fourth-order valence-corrected chi connectivity index (χ4v) is 2.60. The Morgan fingerprint density at radius 1 is 1.17 bits per heavy atom. The van der Waals surface area contributed by atoms with Crippen LogP contribution in [0.15, 0.2) is 48.8 Å². The van der Waals surface area contributed by atoms with E-state index < -0.39 is 0 Å². The number of aromatic nitrogens is 1. The van der Waals surface area contributed by atoms with Gasteiger partial charge >= 0.3 is 0 Å². The predicted molar refractivity (Wildman–Crippen MR) is 74.7 cm³/mol. The molecule has 3 rings (SSSR count). The number of rotatable bonds is 3. The van der Waals surface area contributed by atoms with Gasteiger partial charge in [-0.15, -0.1) is 0 Å². The first kappa shape index (κ1) is 11.3. The van der Waals surface area contributed by atoms with E-state index in [0.717, 1.165) is 6.42 Å². The van der Waals surface area contributed by atoms with E-state index in [1.54, 1.807) is 0 Å². The number of anilines is 1. The molecule has 1 aromatic carbocycles. The molecule has 0 fully saturated rings. The van der Waals surface area contributed by atoms with Crippen LogP contribution in [0.4, 0.5) is 5.69 Å². The van der Waals surface area contributed by atoms with Gasteiger partial charge < -0.3 is 5.32 Å². The molecule has 18 heavy (non-hydrogen) atoms. The molecule has 0 saturated carbocycles. The van der Waals surface area contributed by atoms with Crippen molar-refractivity contribution in [3.05, 3.63) is 59.9 Å². The minimum atomic E-state index is 0.597. The number of para-hydroxylation sites is 1. The minimum Gasteiger partial charge on any atom is -0.382 e. The summed E-state index contributed by atoms with van der Waals surface area (Å²) in [4.78, 5) is 4.16. The number of benzene rings is 1. The van der Waals surface area contributed by atoms with Crippen LogP contribution in [0.2, 0.25) is 0 Å². The quantitative estimate of drug-likeness (QED) is 0.886. The van der Waals surface area contributed by atoms with Gasteiger partial charge in [0.05, 0.1) is 0 Å². The van der Waals surface area contributed by atoms with Crippen molar-refractivity contribution in [2.75, 3.05) is 5.32 Å². The Morgan fingerprint density at radius 3 is 3.00 bits per heavy atom. The molecule has 1 aromatic heterocycles. The molecule has 2 heterocycles. The van der Waals surface area contributed by atoms with E-state index in [9.17, 15) is 0 Å². The summed E-state index contributed by atoms with van der Waals surface area (Å²) in [5, 5.41) is 3.65. The third-order valence-corrected chi connectivity index (χ3v) is 3.64. The van der Waals surface area contributed by atoms with Crippen molar-refractivity contribution in [2.24, 2.45) is 0 Å². The van der Waals surface area contributed by atoms with Crippen LogP contribution >= 0.6 is 0 Å². The average molecular weight is 238 g/mol. The lowest BCUT2D eigenvalue weighted by Gasteiger charge is -2.27. The Labute approximate surface area is 108 Å². The maximum absolute atomic E-state index is 4.16. The average Bonchev–Trinajstić information content (AvgIpc) is 2.46. The second kappa shape index (κ2) is 5.21. The van der Waals surface area contributed by atoms with Gasteiger partial charge in [0.2, 0.25) is 0 Å². The third-order valence-electron chi connectivity index (χ3n) is 3.64. The lowest BCUT2D eigenvalue weighted by Crippen LogP contribution is -2.25. The van der Waals surface area contributed by atoms with E-state index in [2.05, 4.69) is 40.6 Å². The summed E-state index contributed by atoms with van der Waals surface area (Å²) in [5.74, 6) is 0. The standard InChI is InChI=1S/C16H18N2/c1-2-6-16-14(5-1)8-10-15(18-16)9-7-13-4-3-11-17-12-13/h1-6,11-12,15,18H,7-10H2. The van der Waals surface area contributed by atoms with Crippen molar-refractivity contribution < 1.29 is 0 Å². The Morgan fingerprint density at radius 2 is 2.11 bits per heavy atom. The Kier molecular flexibility index (Phi) is 3.26. The minimum absolute atomic E-state index is 0.597. The predicted octanol–water partition coefficient (Wildman–Crippen LogP) is 3.44. The summed E-state index contributed by atoms with van der Waals surface area (Å²) in [7, 11) is 0. The van der Waals surface area contributed by atoms with Gasteiger partial charge in [0.1, 0.15) is 0 Å². The van der Waals surface area contributed by atoms with Crippen molar-refractivity contribution in [2.45, 2.75) is 31.7 Å². The molecule has 0 spiro atoms. The summed E-state index contributed by atoms with van der Waals surface area (Å²) < 4.78 is 0. The number of hydrogen-bond acceptors (Lipinski definition) is 2. The number of aryl methyl sites for hydroxylation is 2. The van der Waals surface area contributed by atoms with Crippen LogP contribution < -0.4 is 5.32 Å². The fraction of sp³-hybridized carbons (Fsp3) is 0.312. The van der Waals surface area contributed by atoms with E-state index in [0.29, 0.717) is 6.04 Å².